The highest BCUT2D eigenvalue weighted by Gasteiger charge is 2.43. The smallest absolute Gasteiger partial charge is 0.257 e. The Labute approximate surface area is 212 Å². The highest BCUT2D eigenvalue weighted by atomic mass is 19.1. The summed E-state index contributed by atoms with van der Waals surface area (Å²) in [5, 5.41) is 0. The van der Waals surface area contributed by atoms with Gasteiger partial charge >= 0.3 is 0 Å². The van der Waals surface area contributed by atoms with E-state index in [2.05, 4.69) is 14.9 Å². The van der Waals surface area contributed by atoms with E-state index in [9.17, 15) is 14.0 Å². The number of rotatable bonds is 5. The Morgan fingerprint density at radius 1 is 1.00 bits per heavy atom. The van der Waals surface area contributed by atoms with E-state index in [4.69, 9.17) is 0 Å². The topological polar surface area (TPSA) is 69.6 Å². The number of fused-ring (bicyclic) bond motifs is 1. The van der Waals surface area contributed by atoms with Crippen molar-refractivity contribution in [2.45, 2.75) is 45.4 Å². The molecule has 0 spiro atoms. The van der Waals surface area contributed by atoms with Crippen molar-refractivity contribution in [1.82, 2.24) is 24.7 Å². The van der Waals surface area contributed by atoms with E-state index in [1.807, 2.05) is 29.7 Å². The lowest BCUT2D eigenvalue weighted by Gasteiger charge is -2.43. The molecule has 2 aromatic rings. The highest BCUT2D eigenvalue weighted by molar-refractivity contribution is 5.96. The third kappa shape index (κ3) is 4.75. The van der Waals surface area contributed by atoms with Crippen LogP contribution in [-0.4, -0.2) is 82.3 Å². The maximum Gasteiger partial charge on any atom is 0.257 e. The molecule has 0 unspecified atom stereocenters. The molecule has 1 aromatic carbocycles. The zero-order valence-corrected chi connectivity index (χ0v) is 21.5. The largest absolute Gasteiger partial charge is 0.343 e. The van der Waals surface area contributed by atoms with Crippen LogP contribution in [0.4, 0.5) is 4.39 Å². The fourth-order valence-corrected chi connectivity index (χ4v) is 6.62. The van der Waals surface area contributed by atoms with Gasteiger partial charge in [0.25, 0.3) is 5.91 Å². The van der Waals surface area contributed by atoms with Crippen LogP contribution in [0.15, 0.2) is 30.6 Å². The molecule has 192 valence electrons. The maximum absolute atomic E-state index is 14.2. The number of hydrogen-bond donors (Lipinski definition) is 0. The summed E-state index contributed by atoms with van der Waals surface area (Å²) in [6.45, 7) is 11.3. The number of benzene rings is 1. The van der Waals surface area contributed by atoms with Crippen molar-refractivity contribution >= 4 is 11.8 Å². The molecule has 3 saturated heterocycles. The van der Waals surface area contributed by atoms with Gasteiger partial charge in [0, 0.05) is 46.2 Å². The lowest BCUT2D eigenvalue weighted by atomic mass is 9.70. The predicted molar refractivity (Wildman–Crippen MR) is 135 cm³/mol. The van der Waals surface area contributed by atoms with Crippen molar-refractivity contribution in [2.24, 2.45) is 11.8 Å². The highest BCUT2D eigenvalue weighted by Crippen LogP contribution is 2.40. The molecule has 2 amide bonds. The normalized spacial score (nSPS) is 23.7. The summed E-state index contributed by atoms with van der Waals surface area (Å²) in [5.74, 6) is 0.916. The number of nitrogens with zero attached hydrogens (tertiary/aromatic N) is 5. The molecular formula is C28H36FN5O2. The van der Waals surface area contributed by atoms with E-state index in [-0.39, 0.29) is 23.0 Å². The van der Waals surface area contributed by atoms with E-state index in [0.29, 0.717) is 17.4 Å². The van der Waals surface area contributed by atoms with Crippen LogP contribution in [0.2, 0.25) is 0 Å². The lowest BCUT2D eigenvalue weighted by molar-refractivity contribution is -0.130. The number of likely N-dealkylation sites (tertiary alicyclic amines) is 3. The fraction of sp³-hybridized carbons (Fsp3) is 0.571. The van der Waals surface area contributed by atoms with Gasteiger partial charge in [-0.1, -0.05) is 12.1 Å². The first-order valence-corrected chi connectivity index (χ1v) is 13.1. The summed E-state index contributed by atoms with van der Waals surface area (Å²) in [5.41, 5.74) is 3.06. The van der Waals surface area contributed by atoms with Crippen LogP contribution >= 0.6 is 0 Å². The molecule has 0 bridgehead atoms. The zero-order valence-electron chi connectivity index (χ0n) is 21.5. The van der Waals surface area contributed by atoms with Gasteiger partial charge in [-0.25, -0.2) is 14.4 Å². The second kappa shape index (κ2) is 9.88. The molecule has 2 atom stereocenters. The Morgan fingerprint density at radius 3 is 2.22 bits per heavy atom. The molecule has 3 aliphatic rings. The first-order valence-electron chi connectivity index (χ1n) is 13.1. The Bertz CT molecular complexity index is 1110. The molecule has 3 fully saturated rings. The summed E-state index contributed by atoms with van der Waals surface area (Å²) in [6, 6.07) is 7.03. The van der Waals surface area contributed by atoms with Gasteiger partial charge in [-0.15, -0.1) is 0 Å². The summed E-state index contributed by atoms with van der Waals surface area (Å²) in [4.78, 5) is 40.0. The molecule has 0 radical (unpaired) electrons. The molecule has 5 rings (SSSR count). The van der Waals surface area contributed by atoms with Gasteiger partial charge in [0.1, 0.15) is 12.1 Å². The number of carbonyl (C=O) groups is 2. The van der Waals surface area contributed by atoms with Crippen molar-refractivity contribution in [3.8, 4) is 0 Å². The Hall–Kier alpha value is -2.87. The van der Waals surface area contributed by atoms with Crippen LogP contribution in [0.5, 0.6) is 0 Å². The van der Waals surface area contributed by atoms with Crippen LogP contribution in [0, 0.1) is 31.5 Å². The molecule has 8 heteroatoms. The minimum absolute atomic E-state index is 0.0499. The minimum Gasteiger partial charge on any atom is -0.343 e. The Morgan fingerprint density at radius 2 is 1.64 bits per heavy atom. The van der Waals surface area contributed by atoms with E-state index in [0.717, 1.165) is 82.0 Å². The second-order valence-corrected chi connectivity index (χ2v) is 11.0. The molecule has 0 aliphatic carbocycles. The summed E-state index contributed by atoms with van der Waals surface area (Å²) < 4.78 is 14.2. The molecule has 4 heterocycles. The third-order valence-corrected chi connectivity index (χ3v) is 8.80. The average Bonchev–Trinajstić information content (AvgIpc) is 3.42. The molecule has 0 N–H and O–H groups in total. The first-order chi connectivity index (χ1) is 17.3. The Kier molecular flexibility index (Phi) is 6.81. The molecular weight excluding hydrogens is 457 g/mol. The van der Waals surface area contributed by atoms with E-state index in [1.165, 1.54) is 12.4 Å². The van der Waals surface area contributed by atoms with Gasteiger partial charge in [0.2, 0.25) is 5.91 Å². The average molecular weight is 494 g/mol. The van der Waals surface area contributed by atoms with Gasteiger partial charge in [0.05, 0.1) is 17.0 Å². The SMILES string of the molecule is CC(=O)N1CCC(CCN2C[C@@H]3CN(C(=O)c4c(C)ncnc4C)C[C@@H]3C2)(c2cccc(F)c2)CC1. The molecule has 36 heavy (non-hydrogen) atoms. The van der Waals surface area contributed by atoms with Crippen molar-refractivity contribution in [1.29, 1.82) is 0 Å². The van der Waals surface area contributed by atoms with Crippen molar-refractivity contribution in [3.05, 3.63) is 58.9 Å². The first kappa shape index (κ1) is 24.8. The van der Waals surface area contributed by atoms with Gasteiger partial charge in [0.15, 0.2) is 0 Å². The van der Waals surface area contributed by atoms with Gasteiger partial charge in [-0.05, 0) is 74.6 Å². The van der Waals surface area contributed by atoms with E-state index in [1.54, 1.807) is 19.1 Å². The van der Waals surface area contributed by atoms with Gasteiger partial charge < -0.3 is 14.7 Å². The van der Waals surface area contributed by atoms with Crippen LogP contribution in [-0.2, 0) is 10.2 Å². The third-order valence-electron chi connectivity index (χ3n) is 8.80. The number of aryl methyl sites for hydroxylation is 2. The molecule has 0 saturated carbocycles. The van der Waals surface area contributed by atoms with Crippen LogP contribution in [0.3, 0.4) is 0 Å². The standard InChI is InChI=1S/C28H36FN5O2/c1-19-26(20(2)31-18-30-19)27(36)34-16-22-14-32(15-23(22)17-34)10-7-28(24-5-4-6-25(29)13-24)8-11-33(12-9-28)21(3)35/h4-6,13,18,22-23H,7-12,14-17H2,1-3H3/t22-,23+. The van der Waals surface area contributed by atoms with Gasteiger partial charge in [-0.2, -0.15) is 0 Å². The van der Waals surface area contributed by atoms with E-state index < -0.39 is 0 Å². The minimum atomic E-state index is -0.198. The van der Waals surface area contributed by atoms with E-state index >= 15 is 0 Å². The van der Waals surface area contributed by atoms with Crippen molar-refractivity contribution < 1.29 is 14.0 Å². The number of hydrogen-bond acceptors (Lipinski definition) is 5. The fourth-order valence-electron chi connectivity index (χ4n) is 6.62. The van der Waals surface area contributed by atoms with Crippen molar-refractivity contribution in [3.63, 3.8) is 0 Å². The van der Waals surface area contributed by atoms with Crippen LogP contribution in [0.1, 0.15) is 53.5 Å². The molecule has 1 aromatic heterocycles. The van der Waals surface area contributed by atoms with Gasteiger partial charge in [-0.3, -0.25) is 9.59 Å². The summed E-state index contributed by atoms with van der Waals surface area (Å²) in [7, 11) is 0. The number of amides is 2. The predicted octanol–water partition coefficient (Wildman–Crippen LogP) is 3.21. The quantitative estimate of drug-likeness (QED) is 0.640. The number of halogens is 1. The maximum atomic E-state index is 14.2. The molecule has 7 nitrogen and oxygen atoms in total. The number of piperidine rings is 1. The Balaban J connectivity index is 1.22. The zero-order chi connectivity index (χ0) is 25.4. The summed E-state index contributed by atoms with van der Waals surface area (Å²) in [6.07, 6.45) is 4.18. The summed E-state index contributed by atoms with van der Waals surface area (Å²) >= 11 is 0. The second-order valence-electron chi connectivity index (χ2n) is 11.0. The monoisotopic (exact) mass is 493 g/mol. The van der Waals surface area contributed by atoms with Crippen molar-refractivity contribution in [2.75, 3.05) is 45.8 Å². The van der Waals surface area contributed by atoms with Crippen LogP contribution < -0.4 is 0 Å². The number of aromatic nitrogens is 2. The molecule has 3 aliphatic heterocycles. The lowest BCUT2D eigenvalue weighted by Crippen LogP contribution is -2.46. The number of carbonyl (C=O) groups excluding carboxylic acids is 2. The van der Waals surface area contributed by atoms with Crippen LogP contribution in [0.25, 0.3) is 0 Å².